The maximum absolute atomic E-state index is 13.4. The number of benzene rings is 2. The lowest BCUT2D eigenvalue weighted by molar-refractivity contribution is -0.122. The van der Waals surface area contributed by atoms with E-state index in [0.29, 0.717) is 19.8 Å². The third-order valence-electron chi connectivity index (χ3n) is 5.85. The number of amides is 1. The van der Waals surface area contributed by atoms with Crippen LogP contribution in [0.4, 0.5) is 10.1 Å². The molecule has 1 aliphatic rings. The third kappa shape index (κ3) is 5.43. The van der Waals surface area contributed by atoms with Crippen LogP contribution < -0.4 is 9.62 Å². The van der Waals surface area contributed by atoms with E-state index in [-0.39, 0.29) is 23.4 Å². The minimum Gasteiger partial charge on any atom is -0.381 e. The number of anilines is 1. The van der Waals surface area contributed by atoms with Gasteiger partial charge in [0.2, 0.25) is 15.9 Å². The van der Waals surface area contributed by atoms with Crippen molar-refractivity contribution in [1.82, 2.24) is 5.32 Å². The van der Waals surface area contributed by atoms with Gasteiger partial charge in [0.25, 0.3) is 0 Å². The Kier molecular flexibility index (Phi) is 7.33. The fourth-order valence-electron chi connectivity index (χ4n) is 4.14. The standard InChI is InChI=1S/C23H29FN2O4S/c1-3-21(26(31(2,28)29)20-11-9-19(24)10-12-20)22(27)25-17-23(13-15-30-16-14-23)18-7-5-4-6-8-18/h4-12,21H,3,13-17H2,1-2H3,(H,25,27)/t21-/m1/s1. The molecule has 8 heteroatoms. The first kappa shape index (κ1) is 23.2. The van der Waals surface area contributed by atoms with Gasteiger partial charge >= 0.3 is 0 Å². The van der Waals surface area contributed by atoms with Crippen LogP contribution in [0.15, 0.2) is 54.6 Å². The van der Waals surface area contributed by atoms with Crippen LogP contribution in [0.1, 0.15) is 31.7 Å². The highest BCUT2D eigenvalue weighted by Gasteiger charge is 2.37. The normalized spacial score (nSPS) is 17.0. The van der Waals surface area contributed by atoms with E-state index in [1.54, 1.807) is 6.92 Å². The topological polar surface area (TPSA) is 75.7 Å². The van der Waals surface area contributed by atoms with Gasteiger partial charge in [0, 0.05) is 25.2 Å². The monoisotopic (exact) mass is 448 g/mol. The van der Waals surface area contributed by atoms with Crippen LogP contribution in [0.3, 0.4) is 0 Å². The summed E-state index contributed by atoms with van der Waals surface area (Å²) in [6.07, 6.45) is 2.86. The molecule has 1 fully saturated rings. The van der Waals surface area contributed by atoms with Crippen molar-refractivity contribution in [2.45, 2.75) is 37.6 Å². The Morgan fingerprint density at radius 1 is 1.13 bits per heavy atom. The lowest BCUT2D eigenvalue weighted by Crippen LogP contribution is -2.52. The van der Waals surface area contributed by atoms with E-state index < -0.39 is 21.9 Å². The molecule has 6 nitrogen and oxygen atoms in total. The molecule has 3 rings (SSSR count). The molecule has 0 aliphatic carbocycles. The number of nitrogens with one attached hydrogen (secondary N) is 1. The fourth-order valence-corrected chi connectivity index (χ4v) is 5.36. The van der Waals surface area contributed by atoms with Gasteiger partial charge in [-0.1, -0.05) is 37.3 Å². The summed E-state index contributed by atoms with van der Waals surface area (Å²) in [6.45, 7) is 3.35. The first-order chi connectivity index (χ1) is 14.8. The van der Waals surface area contributed by atoms with Crippen LogP contribution in [-0.2, 0) is 25.0 Å². The van der Waals surface area contributed by atoms with E-state index in [1.807, 2.05) is 18.2 Å². The van der Waals surface area contributed by atoms with Gasteiger partial charge in [-0.15, -0.1) is 0 Å². The van der Waals surface area contributed by atoms with Gasteiger partial charge in [0.15, 0.2) is 0 Å². The van der Waals surface area contributed by atoms with Gasteiger partial charge in [0.1, 0.15) is 11.9 Å². The zero-order valence-electron chi connectivity index (χ0n) is 17.9. The first-order valence-corrected chi connectivity index (χ1v) is 12.3. The number of rotatable bonds is 8. The maximum atomic E-state index is 13.4. The molecule has 1 saturated heterocycles. The van der Waals surface area contributed by atoms with Crippen molar-refractivity contribution in [2.75, 3.05) is 30.3 Å². The molecule has 168 valence electrons. The van der Waals surface area contributed by atoms with E-state index in [2.05, 4.69) is 17.4 Å². The van der Waals surface area contributed by atoms with Crippen molar-refractivity contribution < 1.29 is 22.3 Å². The van der Waals surface area contributed by atoms with Crippen LogP contribution >= 0.6 is 0 Å². The van der Waals surface area contributed by atoms with Gasteiger partial charge in [-0.05, 0) is 49.1 Å². The molecule has 0 saturated carbocycles. The highest BCUT2D eigenvalue weighted by Crippen LogP contribution is 2.34. The molecule has 1 aliphatic heterocycles. The highest BCUT2D eigenvalue weighted by atomic mass is 32.2. The number of hydrogen-bond acceptors (Lipinski definition) is 4. The molecule has 0 unspecified atom stereocenters. The van der Waals surface area contributed by atoms with Crippen LogP contribution in [0, 0.1) is 5.82 Å². The lowest BCUT2D eigenvalue weighted by atomic mass is 9.74. The SMILES string of the molecule is CC[C@H](C(=O)NCC1(c2ccccc2)CCOCC1)N(c1ccc(F)cc1)S(C)(=O)=O. The Bertz CT molecular complexity index is 974. The molecule has 0 radical (unpaired) electrons. The Balaban J connectivity index is 1.84. The second-order valence-electron chi connectivity index (χ2n) is 7.94. The quantitative estimate of drug-likeness (QED) is 0.673. The van der Waals surface area contributed by atoms with E-state index in [0.717, 1.165) is 29.0 Å². The van der Waals surface area contributed by atoms with Crippen LogP contribution in [0.5, 0.6) is 0 Å². The molecule has 2 aromatic carbocycles. The Labute approximate surface area is 183 Å². The van der Waals surface area contributed by atoms with Gasteiger partial charge in [-0.25, -0.2) is 12.8 Å². The molecule has 31 heavy (non-hydrogen) atoms. The zero-order valence-corrected chi connectivity index (χ0v) is 18.7. The van der Waals surface area contributed by atoms with Gasteiger partial charge in [-0.2, -0.15) is 0 Å². The summed E-state index contributed by atoms with van der Waals surface area (Å²) >= 11 is 0. The Morgan fingerprint density at radius 3 is 2.29 bits per heavy atom. The number of ether oxygens (including phenoxy) is 1. The molecule has 1 N–H and O–H groups in total. The van der Waals surface area contributed by atoms with E-state index in [9.17, 15) is 17.6 Å². The Hall–Kier alpha value is -2.45. The van der Waals surface area contributed by atoms with Crippen molar-refractivity contribution >= 4 is 21.6 Å². The second-order valence-corrected chi connectivity index (χ2v) is 9.80. The molecule has 0 aromatic heterocycles. The number of hydrogen-bond donors (Lipinski definition) is 1. The van der Waals surface area contributed by atoms with Crippen LogP contribution in [0.25, 0.3) is 0 Å². The van der Waals surface area contributed by atoms with Gasteiger partial charge in [0.05, 0.1) is 11.9 Å². The molecule has 1 heterocycles. The largest absolute Gasteiger partial charge is 0.381 e. The Morgan fingerprint density at radius 2 is 1.74 bits per heavy atom. The summed E-state index contributed by atoms with van der Waals surface area (Å²) in [4.78, 5) is 13.2. The molecule has 1 amide bonds. The van der Waals surface area contributed by atoms with E-state index in [4.69, 9.17) is 4.74 Å². The highest BCUT2D eigenvalue weighted by molar-refractivity contribution is 7.92. The van der Waals surface area contributed by atoms with Crippen molar-refractivity contribution in [3.8, 4) is 0 Å². The van der Waals surface area contributed by atoms with Gasteiger partial charge in [-0.3, -0.25) is 9.10 Å². The molecular weight excluding hydrogens is 419 g/mol. The number of carbonyl (C=O) groups excluding carboxylic acids is 1. The number of carbonyl (C=O) groups is 1. The minimum absolute atomic E-state index is 0.259. The molecule has 1 atom stereocenters. The van der Waals surface area contributed by atoms with Crippen molar-refractivity contribution in [1.29, 1.82) is 0 Å². The summed E-state index contributed by atoms with van der Waals surface area (Å²) in [5.74, 6) is -0.849. The summed E-state index contributed by atoms with van der Waals surface area (Å²) in [6, 6.07) is 14.2. The van der Waals surface area contributed by atoms with Crippen LogP contribution in [-0.4, -0.2) is 46.4 Å². The lowest BCUT2D eigenvalue weighted by Gasteiger charge is -2.39. The minimum atomic E-state index is -3.77. The van der Waals surface area contributed by atoms with Crippen molar-refractivity contribution in [3.63, 3.8) is 0 Å². The smallest absolute Gasteiger partial charge is 0.243 e. The molecular formula is C23H29FN2O4S. The zero-order chi connectivity index (χ0) is 22.5. The summed E-state index contributed by atoms with van der Waals surface area (Å²) in [5.41, 5.74) is 1.12. The molecule has 0 bridgehead atoms. The van der Waals surface area contributed by atoms with E-state index >= 15 is 0 Å². The summed E-state index contributed by atoms with van der Waals surface area (Å²) in [7, 11) is -3.77. The maximum Gasteiger partial charge on any atom is 0.243 e. The predicted molar refractivity (Wildman–Crippen MR) is 119 cm³/mol. The number of sulfonamides is 1. The summed E-state index contributed by atoms with van der Waals surface area (Å²) in [5, 5.41) is 3.00. The molecule has 0 spiro atoms. The molecule has 2 aromatic rings. The predicted octanol–water partition coefficient (Wildman–Crippen LogP) is 3.23. The van der Waals surface area contributed by atoms with Crippen molar-refractivity contribution in [2.24, 2.45) is 0 Å². The average Bonchev–Trinajstić information content (AvgIpc) is 2.77. The summed E-state index contributed by atoms with van der Waals surface area (Å²) < 4.78 is 45.1. The number of nitrogens with zero attached hydrogens (tertiary/aromatic N) is 1. The first-order valence-electron chi connectivity index (χ1n) is 10.4. The van der Waals surface area contributed by atoms with E-state index in [1.165, 1.54) is 24.3 Å². The van der Waals surface area contributed by atoms with Crippen molar-refractivity contribution in [3.05, 3.63) is 66.0 Å². The fraction of sp³-hybridized carbons (Fsp3) is 0.435. The van der Waals surface area contributed by atoms with Crippen LogP contribution in [0.2, 0.25) is 0 Å². The van der Waals surface area contributed by atoms with Gasteiger partial charge < -0.3 is 10.1 Å². The second kappa shape index (κ2) is 9.78. The third-order valence-corrected chi connectivity index (χ3v) is 7.03. The number of halogens is 1. The average molecular weight is 449 g/mol.